The summed E-state index contributed by atoms with van der Waals surface area (Å²) in [7, 11) is 0. The summed E-state index contributed by atoms with van der Waals surface area (Å²) in [5.74, 6) is 0.470. The van der Waals surface area contributed by atoms with Crippen molar-refractivity contribution >= 4 is 49.0 Å². The molecule has 1 aromatic carbocycles. The van der Waals surface area contributed by atoms with E-state index < -0.39 is 0 Å². The average molecular weight is 287 g/mol. The Kier molecular flexibility index (Phi) is 2.78. The zero-order valence-electron chi connectivity index (χ0n) is 7.05. The van der Waals surface area contributed by atoms with Crippen molar-refractivity contribution in [3.63, 3.8) is 0 Å². The lowest BCUT2D eigenvalue weighted by Gasteiger charge is -1.97. The van der Waals surface area contributed by atoms with Crippen LogP contribution in [0.2, 0.25) is 0 Å². The van der Waals surface area contributed by atoms with Crippen molar-refractivity contribution in [2.45, 2.75) is 5.88 Å². The first-order valence-corrected chi connectivity index (χ1v) is 6.08. The van der Waals surface area contributed by atoms with E-state index in [0.717, 1.165) is 20.1 Å². The molecule has 2 rings (SSSR count). The first kappa shape index (κ1) is 9.97. The molecule has 0 radical (unpaired) electrons. The average Bonchev–Trinajstić information content (AvgIpc) is 2.55. The minimum atomic E-state index is 0.470. The van der Waals surface area contributed by atoms with Crippen molar-refractivity contribution in [1.82, 2.24) is 0 Å². The Labute approximate surface area is 99.0 Å². The van der Waals surface area contributed by atoms with Crippen molar-refractivity contribution in [2.24, 2.45) is 0 Å². The zero-order valence-corrected chi connectivity index (χ0v) is 10.2. The van der Waals surface area contributed by atoms with Gasteiger partial charge in [-0.15, -0.1) is 22.9 Å². The highest BCUT2D eigenvalue weighted by molar-refractivity contribution is 9.10. The van der Waals surface area contributed by atoms with E-state index in [1.807, 2.05) is 18.2 Å². The lowest BCUT2D eigenvalue weighted by molar-refractivity contribution is 1.45. The number of alkyl halides is 1. The summed E-state index contributed by atoms with van der Waals surface area (Å²) in [6.07, 6.45) is 0. The van der Waals surface area contributed by atoms with E-state index in [4.69, 9.17) is 16.9 Å². The molecule has 0 fully saturated rings. The van der Waals surface area contributed by atoms with Gasteiger partial charge in [0.05, 0.1) is 4.47 Å². The third-order valence-electron chi connectivity index (χ3n) is 1.99. The molecular formula is C10H5BrClNS. The van der Waals surface area contributed by atoms with E-state index in [1.54, 1.807) is 0 Å². The zero-order chi connectivity index (χ0) is 10.1. The number of thiophene rings is 1. The van der Waals surface area contributed by atoms with Gasteiger partial charge < -0.3 is 0 Å². The molecular weight excluding hydrogens is 282 g/mol. The second-order valence-electron chi connectivity index (χ2n) is 2.78. The van der Waals surface area contributed by atoms with Gasteiger partial charge in [-0.05, 0) is 27.6 Å². The van der Waals surface area contributed by atoms with Gasteiger partial charge in [-0.3, -0.25) is 0 Å². The van der Waals surface area contributed by atoms with E-state index in [-0.39, 0.29) is 0 Å². The standard InChI is InChI=1S/C10H5BrClNS/c11-10-8(5-13)14-7-3-1-2-6(4-12)9(7)10/h1-3H,4H2. The first-order chi connectivity index (χ1) is 6.77. The summed E-state index contributed by atoms with van der Waals surface area (Å²) < 4.78 is 1.97. The molecule has 0 aliphatic carbocycles. The number of nitriles is 1. The molecule has 14 heavy (non-hydrogen) atoms. The topological polar surface area (TPSA) is 23.8 Å². The Balaban J connectivity index is 2.87. The van der Waals surface area contributed by atoms with Crippen LogP contribution in [0, 0.1) is 11.3 Å². The third-order valence-corrected chi connectivity index (χ3v) is 4.39. The molecule has 0 aliphatic heterocycles. The van der Waals surface area contributed by atoms with Crippen LogP contribution in [0.25, 0.3) is 10.1 Å². The summed E-state index contributed by atoms with van der Waals surface area (Å²) in [6, 6.07) is 8.11. The molecule has 0 N–H and O–H groups in total. The van der Waals surface area contributed by atoms with Crippen LogP contribution in [0.4, 0.5) is 0 Å². The van der Waals surface area contributed by atoms with Crippen molar-refractivity contribution in [2.75, 3.05) is 0 Å². The molecule has 1 aromatic heterocycles. The van der Waals surface area contributed by atoms with Crippen LogP contribution < -0.4 is 0 Å². The summed E-state index contributed by atoms with van der Waals surface area (Å²) in [5, 5.41) is 9.95. The van der Waals surface area contributed by atoms with E-state index in [9.17, 15) is 0 Å². The smallest absolute Gasteiger partial charge is 0.120 e. The monoisotopic (exact) mass is 285 g/mol. The molecule has 0 bridgehead atoms. The fourth-order valence-corrected chi connectivity index (χ4v) is 3.45. The molecule has 0 saturated heterocycles. The Morgan fingerprint density at radius 1 is 1.50 bits per heavy atom. The van der Waals surface area contributed by atoms with Gasteiger partial charge in [0.1, 0.15) is 10.9 Å². The summed E-state index contributed by atoms with van der Waals surface area (Å²) in [4.78, 5) is 0.706. The van der Waals surface area contributed by atoms with Crippen LogP contribution in [-0.2, 0) is 5.88 Å². The van der Waals surface area contributed by atoms with E-state index in [1.165, 1.54) is 11.3 Å². The third kappa shape index (κ3) is 1.44. The highest BCUT2D eigenvalue weighted by Crippen LogP contribution is 2.37. The summed E-state index contributed by atoms with van der Waals surface area (Å²) >= 11 is 10.8. The lowest BCUT2D eigenvalue weighted by atomic mass is 10.1. The predicted octanol–water partition coefficient (Wildman–Crippen LogP) is 4.27. The maximum Gasteiger partial charge on any atom is 0.120 e. The lowest BCUT2D eigenvalue weighted by Crippen LogP contribution is -1.78. The van der Waals surface area contributed by atoms with Gasteiger partial charge >= 0.3 is 0 Å². The molecule has 0 atom stereocenters. The van der Waals surface area contributed by atoms with E-state index in [2.05, 4.69) is 22.0 Å². The fourth-order valence-electron chi connectivity index (χ4n) is 1.36. The number of rotatable bonds is 1. The molecule has 0 aliphatic rings. The SMILES string of the molecule is N#Cc1sc2cccc(CCl)c2c1Br. The summed E-state index contributed by atoms with van der Waals surface area (Å²) in [5.41, 5.74) is 1.06. The van der Waals surface area contributed by atoms with Gasteiger partial charge in [-0.1, -0.05) is 12.1 Å². The molecule has 4 heteroatoms. The van der Waals surface area contributed by atoms with Crippen LogP contribution in [-0.4, -0.2) is 0 Å². The Hall–Kier alpha value is -0.560. The molecule has 70 valence electrons. The Bertz CT molecular complexity index is 527. The number of fused-ring (bicyclic) bond motifs is 1. The minimum absolute atomic E-state index is 0.470. The van der Waals surface area contributed by atoms with Crippen molar-refractivity contribution < 1.29 is 0 Å². The molecule has 1 nitrogen and oxygen atoms in total. The van der Waals surface area contributed by atoms with Crippen molar-refractivity contribution in [1.29, 1.82) is 5.26 Å². The normalized spacial score (nSPS) is 10.4. The van der Waals surface area contributed by atoms with Crippen LogP contribution in [0.3, 0.4) is 0 Å². The second kappa shape index (κ2) is 3.90. The quantitative estimate of drug-likeness (QED) is 0.718. The number of benzene rings is 1. The number of hydrogen-bond donors (Lipinski definition) is 0. The summed E-state index contributed by atoms with van der Waals surface area (Å²) in [6.45, 7) is 0. The first-order valence-electron chi connectivity index (χ1n) is 3.94. The minimum Gasteiger partial charge on any atom is -0.191 e. The van der Waals surface area contributed by atoms with Crippen molar-refractivity contribution in [3.8, 4) is 6.07 Å². The number of nitrogens with zero attached hydrogens (tertiary/aromatic N) is 1. The molecule has 0 unspecified atom stereocenters. The predicted molar refractivity (Wildman–Crippen MR) is 63.8 cm³/mol. The maximum atomic E-state index is 8.88. The highest BCUT2D eigenvalue weighted by atomic mass is 79.9. The van der Waals surface area contributed by atoms with Gasteiger partial charge in [-0.25, -0.2) is 0 Å². The van der Waals surface area contributed by atoms with Crippen LogP contribution in [0.1, 0.15) is 10.4 Å². The molecule has 0 amide bonds. The van der Waals surface area contributed by atoms with E-state index in [0.29, 0.717) is 10.8 Å². The Morgan fingerprint density at radius 2 is 2.29 bits per heavy atom. The Morgan fingerprint density at radius 3 is 2.93 bits per heavy atom. The molecule has 2 aromatic rings. The largest absolute Gasteiger partial charge is 0.191 e. The number of hydrogen-bond acceptors (Lipinski definition) is 2. The van der Waals surface area contributed by atoms with Gasteiger partial charge in [0.25, 0.3) is 0 Å². The number of halogens is 2. The van der Waals surface area contributed by atoms with Gasteiger partial charge in [0.15, 0.2) is 0 Å². The maximum absolute atomic E-state index is 8.88. The van der Waals surface area contributed by atoms with Crippen LogP contribution >= 0.6 is 38.9 Å². The molecule has 0 spiro atoms. The van der Waals surface area contributed by atoms with Gasteiger partial charge in [0.2, 0.25) is 0 Å². The van der Waals surface area contributed by atoms with Crippen LogP contribution in [0.5, 0.6) is 0 Å². The molecule has 0 saturated carbocycles. The molecule has 1 heterocycles. The fraction of sp³-hybridized carbons (Fsp3) is 0.100. The highest BCUT2D eigenvalue weighted by Gasteiger charge is 2.11. The van der Waals surface area contributed by atoms with Gasteiger partial charge in [-0.2, -0.15) is 5.26 Å². The second-order valence-corrected chi connectivity index (χ2v) is 4.89. The van der Waals surface area contributed by atoms with Crippen molar-refractivity contribution in [3.05, 3.63) is 33.1 Å². The van der Waals surface area contributed by atoms with E-state index >= 15 is 0 Å². The van der Waals surface area contributed by atoms with Crippen LogP contribution in [0.15, 0.2) is 22.7 Å². The van der Waals surface area contributed by atoms with Gasteiger partial charge in [0, 0.05) is 16.0 Å².